The molecule has 0 unspecified atom stereocenters. The summed E-state index contributed by atoms with van der Waals surface area (Å²) < 4.78 is 0. The molecule has 1 N–H and O–H groups in total. The molecule has 0 spiro atoms. The van der Waals surface area contributed by atoms with Crippen LogP contribution in [0.25, 0.3) is 0 Å². The summed E-state index contributed by atoms with van der Waals surface area (Å²) >= 11 is 0. The van der Waals surface area contributed by atoms with E-state index in [1.165, 1.54) is 49.2 Å². The predicted molar refractivity (Wildman–Crippen MR) is 74.6 cm³/mol. The molecule has 1 fully saturated rings. The van der Waals surface area contributed by atoms with Crippen LogP contribution in [0, 0.1) is 6.92 Å². The Balaban J connectivity index is 2.12. The lowest BCUT2D eigenvalue weighted by Crippen LogP contribution is -2.22. The van der Waals surface area contributed by atoms with Crippen molar-refractivity contribution in [2.75, 3.05) is 24.5 Å². The topological polar surface area (TPSA) is 15.3 Å². The molecule has 1 saturated heterocycles. The summed E-state index contributed by atoms with van der Waals surface area (Å²) in [5.74, 6) is 0. The van der Waals surface area contributed by atoms with Crippen LogP contribution in [0.2, 0.25) is 0 Å². The summed E-state index contributed by atoms with van der Waals surface area (Å²) in [7, 11) is 0. The van der Waals surface area contributed by atoms with Gasteiger partial charge in [0.1, 0.15) is 0 Å². The van der Waals surface area contributed by atoms with Crippen molar-refractivity contribution in [1.82, 2.24) is 5.32 Å². The molecule has 0 amide bonds. The minimum atomic E-state index is 1.00. The van der Waals surface area contributed by atoms with Crippen molar-refractivity contribution in [1.29, 1.82) is 0 Å². The maximum Gasteiger partial charge on any atom is 0.0412 e. The number of aryl methyl sites for hydroxylation is 1. The first-order chi connectivity index (χ1) is 8.31. The second-order valence-electron chi connectivity index (χ2n) is 5.00. The minimum absolute atomic E-state index is 1.00. The van der Waals surface area contributed by atoms with Gasteiger partial charge in [0.2, 0.25) is 0 Å². The van der Waals surface area contributed by atoms with Crippen LogP contribution in [0.1, 0.15) is 37.3 Å². The van der Waals surface area contributed by atoms with Gasteiger partial charge in [-0.3, -0.25) is 0 Å². The predicted octanol–water partition coefficient (Wildman–Crippen LogP) is 3.09. The van der Waals surface area contributed by atoms with Gasteiger partial charge >= 0.3 is 0 Å². The summed E-state index contributed by atoms with van der Waals surface area (Å²) in [6, 6.07) is 6.86. The first-order valence-electron chi connectivity index (χ1n) is 6.86. The van der Waals surface area contributed by atoms with Gasteiger partial charge in [-0.25, -0.2) is 0 Å². The van der Waals surface area contributed by atoms with Gasteiger partial charge in [0.15, 0.2) is 0 Å². The first-order valence-corrected chi connectivity index (χ1v) is 6.86. The van der Waals surface area contributed by atoms with Crippen LogP contribution in [-0.4, -0.2) is 19.6 Å². The Morgan fingerprint density at radius 2 is 2.00 bits per heavy atom. The third kappa shape index (κ3) is 3.22. The summed E-state index contributed by atoms with van der Waals surface area (Å²) in [5, 5.41) is 3.52. The van der Waals surface area contributed by atoms with Crippen LogP contribution < -0.4 is 10.2 Å². The van der Waals surface area contributed by atoms with E-state index in [1.807, 2.05) is 0 Å². The molecule has 1 aliphatic rings. The van der Waals surface area contributed by atoms with Gasteiger partial charge in [-0.2, -0.15) is 0 Å². The summed E-state index contributed by atoms with van der Waals surface area (Å²) in [6.45, 7) is 8.95. The fourth-order valence-corrected chi connectivity index (χ4v) is 2.52. The highest BCUT2D eigenvalue weighted by molar-refractivity contribution is 5.55. The quantitative estimate of drug-likeness (QED) is 0.785. The molecule has 2 heteroatoms. The normalized spacial score (nSPS) is 15.5. The molecule has 1 aromatic carbocycles. The van der Waals surface area contributed by atoms with Crippen molar-refractivity contribution in [2.45, 2.75) is 39.7 Å². The molecule has 1 aliphatic heterocycles. The third-order valence-electron chi connectivity index (χ3n) is 3.42. The van der Waals surface area contributed by atoms with E-state index in [1.54, 1.807) is 0 Å². The fourth-order valence-electron chi connectivity index (χ4n) is 2.52. The van der Waals surface area contributed by atoms with Crippen LogP contribution in [0.15, 0.2) is 18.2 Å². The monoisotopic (exact) mass is 232 g/mol. The number of anilines is 1. The SMILES string of the molecule is CCCNCc1cc(C)ccc1N1CCCC1. The number of nitrogens with one attached hydrogen (secondary N) is 1. The average Bonchev–Trinajstić information content (AvgIpc) is 2.83. The van der Waals surface area contributed by atoms with Crippen molar-refractivity contribution in [3.05, 3.63) is 29.3 Å². The van der Waals surface area contributed by atoms with Crippen LogP contribution in [0.5, 0.6) is 0 Å². The van der Waals surface area contributed by atoms with Crippen molar-refractivity contribution in [2.24, 2.45) is 0 Å². The Kier molecular flexibility index (Phi) is 4.43. The highest BCUT2D eigenvalue weighted by Crippen LogP contribution is 2.25. The zero-order valence-electron chi connectivity index (χ0n) is 11.1. The Morgan fingerprint density at radius 1 is 1.24 bits per heavy atom. The van der Waals surface area contributed by atoms with E-state index in [0.29, 0.717) is 0 Å². The van der Waals surface area contributed by atoms with Gasteiger partial charge in [0.05, 0.1) is 0 Å². The molecule has 0 atom stereocenters. The molecule has 17 heavy (non-hydrogen) atoms. The molecular weight excluding hydrogens is 208 g/mol. The lowest BCUT2D eigenvalue weighted by Gasteiger charge is -2.22. The van der Waals surface area contributed by atoms with Crippen LogP contribution in [-0.2, 0) is 6.54 Å². The summed E-state index contributed by atoms with van der Waals surface area (Å²) in [5.41, 5.74) is 4.26. The van der Waals surface area contributed by atoms with E-state index in [-0.39, 0.29) is 0 Å². The lowest BCUT2D eigenvalue weighted by atomic mass is 10.1. The maximum absolute atomic E-state index is 3.52. The van der Waals surface area contributed by atoms with Crippen molar-refractivity contribution >= 4 is 5.69 Å². The van der Waals surface area contributed by atoms with Crippen LogP contribution in [0.3, 0.4) is 0 Å². The third-order valence-corrected chi connectivity index (χ3v) is 3.42. The van der Waals surface area contributed by atoms with E-state index < -0.39 is 0 Å². The second-order valence-corrected chi connectivity index (χ2v) is 5.00. The highest BCUT2D eigenvalue weighted by atomic mass is 15.1. The molecule has 0 aromatic heterocycles. The van der Waals surface area contributed by atoms with Crippen molar-refractivity contribution in [3.8, 4) is 0 Å². The highest BCUT2D eigenvalue weighted by Gasteiger charge is 2.15. The maximum atomic E-state index is 3.52. The lowest BCUT2D eigenvalue weighted by molar-refractivity contribution is 0.673. The Morgan fingerprint density at radius 3 is 2.71 bits per heavy atom. The Hall–Kier alpha value is -1.02. The van der Waals surface area contributed by atoms with Crippen LogP contribution >= 0.6 is 0 Å². The summed E-state index contributed by atoms with van der Waals surface area (Å²) in [4.78, 5) is 2.53. The number of hydrogen-bond donors (Lipinski definition) is 1. The van der Waals surface area contributed by atoms with Gasteiger partial charge in [-0.1, -0.05) is 24.6 Å². The second kappa shape index (κ2) is 6.06. The number of hydrogen-bond acceptors (Lipinski definition) is 2. The molecule has 0 saturated carbocycles. The largest absolute Gasteiger partial charge is 0.371 e. The van der Waals surface area contributed by atoms with Gasteiger partial charge in [-0.15, -0.1) is 0 Å². The van der Waals surface area contributed by atoms with Crippen LogP contribution in [0.4, 0.5) is 5.69 Å². The molecule has 94 valence electrons. The Bertz CT molecular complexity index is 354. The molecule has 0 aliphatic carbocycles. The molecule has 0 bridgehead atoms. The minimum Gasteiger partial charge on any atom is -0.371 e. The number of benzene rings is 1. The van der Waals surface area contributed by atoms with Gasteiger partial charge in [0, 0.05) is 25.3 Å². The van der Waals surface area contributed by atoms with E-state index in [4.69, 9.17) is 0 Å². The Labute approximate surface area is 105 Å². The average molecular weight is 232 g/mol. The number of nitrogens with zero attached hydrogens (tertiary/aromatic N) is 1. The standard InChI is InChI=1S/C15H24N2/c1-3-8-16-12-14-11-13(2)6-7-15(14)17-9-4-5-10-17/h6-7,11,16H,3-5,8-10,12H2,1-2H3. The van der Waals surface area contributed by atoms with E-state index in [2.05, 4.69) is 42.3 Å². The summed E-state index contributed by atoms with van der Waals surface area (Å²) in [6.07, 6.45) is 3.89. The van der Waals surface area contributed by atoms with E-state index in [0.717, 1.165) is 13.1 Å². The molecular formula is C15H24N2. The van der Waals surface area contributed by atoms with Gasteiger partial charge < -0.3 is 10.2 Å². The van der Waals surface area contributed by atoms with Gasteiger partial charge in [0.25, 0.3) is 0 Å². The van der Waals surface area contributed by atoms with Gasteiger partial charge in [-0.05, 0) is 44.4 Å². The van der Waals surface area contributed by atoms with E-state index >= 15 is 0 Å². The molecule has 1 heterocycles. The van der Waals surface area contributed by atoms with E-state index in [9.17, 15) is 0 Å². The zero-order chi connectivity index (χ0) is 12.1. The molecule has 1 aromatic rings. The van der Waals surface area contributed by atoms with Crippen molar-refractivity contribution in [3.63, 3.8) is 0 Å². The first kappa shape index (κ1) is 12.4. The van der Waals surface area contributed by atoms with Crippen molar-refractivity contribution < 1.29 is 0 Å². The molecule has 2 nitrogen and oxygen atoms in total. The zero-order valence-corrected chi connectivity index (χ0v) is 11.1. The molecule has 2 rings (SSSR count). The molecule has 0 radical (unpaired) electrons. The number of rotatable bonds is 5. The smallest absolute Gasteiger partial charge is 0.0412 e. The fraction of sp³-hybridized carbons (Fsp3) is 0.600.